The summed E-state index contributed by atoms with van der Waals surface area (Å²) in [4.78, 5) is 4.88. The quantitative estimate of drug-likeness (QED) is 0.728. The van der Waals surface area contributed by atoms with Gasteiger partial charge in [-0.25, -0.2) is 0 Å². The van der Waals surface area contributed by atoms with Gasteiger partial charge in [-0.05, 0) is 44.7 Å². The Morgan fingerprint density at radius 1 is 0.944 bits per heavy atom. The standard InChI is InChI=1S/C14H28N2O2/c1-12(8-15-6-2-4-13(15)10-17)9-16-7-3-5-14(16)11-18/h12-14,17-18H,2-11H2,1H3/t13-,14-/m0/s1. The van der Waals surface area contributed by atoms with Gasteiger partial charge in [-0.2, -0.15) is 0 Å². The van der Waals surface area contributed by atoms with E-state index in [1.54, 1.807) is 0 Å². The second kappa shape index (κ2) is 6.85. The number of hydrogen-bond acceptors (Lipinski definition) is 4. The summed E-state index contributed by atoms with van der Waals surface area (Å²) in [7, 11) is 0. The van der Waals surface area contributed by atoms with Crippen molar-refractivity contribution in [2.24, 2.45) is 5.92 Å². The largest absolute Gasteiger partial charge is 0.395 e. The highest BCUT2D eigenvalue weighted by molar-refractivity contribution is 4.83. The highest BCUT2D eigenvalue weighted by Gasteiger charge is 2.28. The predicted molar refractivity (Wildman–Crippen MR) is 72.5 cm³/mol. The average molecular weight is 256 g/mol. The molecule has 0 aromatic rings. The maximum Gasteiger partial charge on any atom is 0.0586 e. The van der Waals surface area contributed by atoms with E-state index < -0.39 is 0 Å². The Bertz CT molecular complexity index is 226. The monoisotopic (exact) mass is 256 g/mol. The third-order valence-electron chi connectivity index (χ3n) is 4.51. The molecule has 0 radical (unpaired) electrons. The number of likely N-dealkylation sites (tertiary alicyclic amines) is 2. The Labute approximate surface area is 111 Å². The van der Waals surface area contributed by atoms with Crippen LogP contribution in [0, 0.1) is 5.92 Å². The van der Waals surface area contributed by atoms with Gasteiger partial charge in [0.05, 0.1) is 13.2 Å². The van der Waals surface area contributed by atoms with Gasteiger partial charge < -0.3 is 10.2 Å². The normalized spacial score (nSPS) is 30.7. The van der Waals surface area contributed by atoms with Crippen molar-refractivity contribution in [3.05, 3.63) is 0 Å². The summed E-state index contributed by atoms with van der Waals surface area (Å²) in [5.74, 6) is 0.615. The van der Waals surface area contributed by atoms with Gasteiger partial charge >= 0.3 is 0 Å². The van der Waals surface area contributed by atoms with Gasteiger partial charge in [-0.3, -0.25) is 9.80 Å². The summed E-state index contributed by atoms with van der Waals surface area (Å²) in [6.07, 6.45) is 4.74. The summed E-state index contributed by atoms with van der Waals surface area (Å²) < 4.78 is 0. The zero-order valence-corrected chi connectivity index (χ0v) is 11.6. The molecule has 4 nitrogen and oxygen atoms in total. The molecule has 2 aliphatic rings. The van der Waals surface area contributed by atoms with Gasteiger partial charge in [0.15, 0.2) is 0 Å². The topological polar surface area (TPSA) is 46.9 Å². The maximum absolute atomic E-state index is 9.33. The van der Waals surface area contributed by atoms with E-state index in [2.05, 4.69) is 16.7 Å². The predicted octanol–water partition coefficient (Wildman–Crippen LogP) is 0.536. The molecule has 2 rings (SSSR count). The van der Waals surface area contributed by atoms with Gasteiger partial charge in [-0.15, -0.1) is 0 Å². The molecule has 2 heterocycles. The van der Waals surface area contributed by atoms with Crippen molar-refractivity contribution in [2.45, 2.75) is 44.7 Å². The molecule has 2 atom stereocenters. The molecule has 0 saturated carbocycles. The molecule has 0 bridgehead atoms. The smallest absolute Gasteiger partial charge is 0.0586 e. The van der Waals surface area contributed by atoms with Crippen LogP contribution in [0.15, 0.2) is 0 Å². The Kier molecular flexibility index (Phi) is 5.42. The Morgan fingerprint density at radius 2 is 1.39 bits per heavy atom. The lowest BCUT2D eigenvalue weighted by molar-refractivity contribution is 0.112. The third kappa shape index (κ3) is 3.44. The lowest BCUT2D eigenvalue weighted by atomic mass is 10.1. The van der Waals surface area contributed by atoms with E-state index in [9.17, 15) is 10.2 Å². The molecular weight excluding hydrogens is 228 g/mol. The fourth-order valence-electron chi connectivity index (χ4n) is 3.54. The van der Waals surface area contributed by atoms with Crippen LogP contribution in [0.25, 0.3) is 0 Å². The Balaban J connectivity index is 1.76. The van der Waals surface area contributed by atoms with E-state index in [1.165, 1.54) is 12.8 Å². The molecule has 106 valence electrons. The van der Waals surface area contributed by atoms with E-state index in [1.807, 2.05) is 0 Å². The molecule has 0 aromatic heterocycles. The fourth-order valence-corrected chi connectivity index (χ4v) is 3.54. The van der Waals surface area contributed by atoms with Crippen LogP contribution in [-0.2, 0) is 0 Å². The minimum atomic E-state index is 0.301. The fraction of sp³-hybridized carbons (Fsp3) is 1.00. The number of rotatable bonds is 6. The van der Waals surface area contributed by atoms with Crippen molar-refractivity contribution < 1.29 is 10.2 Å². The first kappa shape index (κ1) is 14.3. The first-order valence-corrected chi connectivity index (χ1v) is 7.44. The van der Waals surface area contributed by atoms with Crippen LogP contribution in [0.4, 0.5) is 0 Å². The summed E-state index contributed by atoms with van der Waals surface area (Å²) in [6, 6.07) is 0.777. The Hall–Kier alpha value is -0.160. The van der Waals surface area contributed by atoms with Gasteiger partial charge in [0.2, 0.25) is 0 Å². The number of nitrogens with zero attached hydrogens (tertiary/aromatic N) is 2. The Morgan fingerprint density at radius 3 is 1.78 bits per heavy atom. The van der Waals surface area contributed by atoms with E-state index in [0.29, 0.717) is 31.2 Å². The van der Waals surface area contributed by atoms with E-state index in [0.717, 1.165) is 39.0 Å². The summed E-state index contributed by atoms with van der Waals surface area (Å²) in [5, 5.41) is 18.7. The lowest BCUT2D eigenvalue weighted by Crippen LogP contribution is -2.41. The molecule has 0 spiro atoms. The van der Waals surface area contributed by atoms with Gasteiger partial charge in [0, 0.05) is 25.2 Å². The molecule has 4 heteroatoms. The molecular formula is C14H28N2O2. The molecule has 2 N–H and O–H groups in total. The molecule has 2 aliphatic heterocycles. The van der Waals surface area contributed by atoms with Crippen LogP contribution < -0.4 is 0 Å². The molecule has 0 aromatic carbocycles. The van der Waals surface area contributed by atoms with E-state index in [4.69, 9.17) is 0 Å². The minimum absolute atomic E-state index is 0.301. The number of aliphatic hydroxyl groups is 2. The minimum Gasteiger partial charge on any atom is -0.395 e. The third-order valence-corrected chi connectivity index (χ3v) is 4.51. The van der Waals surface area contributed by atoms with Gasteiger partial charge in [-0.1, -0.05) is 6.92 Å². The first-order valence-electron chi connectivity index (χ1n) is 7.44. The van der Waals surface area contributed by atoms with Gasteiger partial charge in [0.25, 0.3) is 0 Å². The zero-order chi connectivity index (χ0) is 13.0. The summed E-state index contributed by atoms with van der Waals surface area (Å²) in [5.41, 5.74) is 0. The first-order chi connectivity index (χ1) is 8.74. The highest BCUT2D eigenvalue weighted by atomic mass is 16.3. The molecule has 0 unspecified atom stereocenters. The summed E-state index contributed by atoms with van der Waals surface area (Å²) in [6.45, 7) is 7.34. The van der Waals surface area contributed by atoms with Crippen molar-refractivity contribution in [3.8, 4) is 0 Å². The molecule has 2 saturated heterocycles. The van der Waals surface area contributed by atoms with Gasteiger partial charge in [0.1, 0.15) is 0 Å². The highest BCUT2D eigenvalue weighted by Crippen LogP contribution is 2.21. The van der Waals surface area contributed by atoms with E-state index in [-0.39, 0.29) is 0 Å². The van der Waals surface area contributed by atoms with Crippen LogP contribution in [0.1, 0.15) is 32.6 Å². The maximum atomic E-state index is 9.33. The molecule has 2 fully saturated rings. The van der Waals surface area contributed by atoms with E-state index >= 15 is 0 Å². The molecule has 0 aliphatic carbocycles. The van der Waals surface area contributed by atoms with Crippen molar-refractivity contribution in [1.82, 2.24) is 9.80 Å². The van der Waals surface area contributed by atoms with Crippen molar-refractivity contribution >= 4 is 0 Å². The number of hydrogen-bond donors (Lipinski definition) is 2. The van der Waals surface area contributed by atoms with Crippen molar-refractivity contribution in [3.63, 3.8) is 0 Å². The molecule has 18 heavy (non-hydrogen) atoms. The van der Waals surface area contributed by atoms with Crippen LogP contribution in [0.5, 0.6) is 0 Å². The second-order valence-electron chi connectivity index (χ2n) is 6.05. The molecule has 0 amide bonds. The SMILES string of the molecule is CC(CN1CCC[C@H]1CO)CN1CCC[C@H]1CO. The van der Waals surface area contributed by atoms with Crippen LogP contribution >= 0.6 is 0 Å². The van der Waals surface area contributed by atoms with Crippen molar-refractivity contribution in [1.29, 1.82) is 0 Å². The summed E-state index contributed by atoms with van der Waals surface area (Å²) >= 11 is 0. The zero-order valence-electron chi connectivity index (χ0n) is 11.6. The van der Waals surface area contributed by atoms with Crippen molar-refractivity contribution in [2.75, 3.05) is 39.4 Å². The average Bonchev–Trinajstić information content (AvgIpc) is 2.97. The van der Waals surface area contributed by atoms with Crippen LogP contribution in [-0.4, -0.2) is 71.5 Å². The second-order valence-corrected chi connectivity index (χ2v) is 6.05. The lowest BCUT2D eigenvalue weighted by Gasteiger charge is -2.30. The number of aliphatic hydroxyl groups excluding tert-OH is 2. The van der Waals surface area contributed by atoms with Crippen LogP contribution in [0.2, 0.25) is 0 Å². The van der Waals surface area contributed by atoms with Crippen LogP contribution in [0.3, 0.4) is 0 Å².